The van der Waals surface area contributed by atoms with Crippen LogP contribution in [0.5, 0.6) is 0 Å². The fourth-order valence-electron chi connectivity index (χ4n) is 2.74. The van der Waals surface area contributed by atoms with Crippen LogP contribution in [0.3, 0.4) is 0 Å². The van der Waals surface area contributed by atoms with E-state index in [1.807, 2.05) is 0 Å². The maximum absolute atomic E-state index is 12.0. The van der Waals surface area contributed by atoms with E-state index in [0.29, 0.717) is 11.5 Å². The maximum atomic E-state index is 12.0. The minimum atomic E-state index is -0.794. The van der Waals surface area contributed by atoms with Gasteiger partial charge in [-0.1, -0.05) is 49.6 Å². The fraction of sp³-hybridized carbons (Fsp3) is 0.500. The first-order valence-corrected chi connectivity index (χ1v) is 7.23. The number of ether oxygens (including phenoxy) is 1. The molecule has 2 rings (SSSR count). The third-order valence-electron chi connectivity index (χ3n) is 3.89. The molecule has 0 unspecified atom stereocenters. The normalized spacial score (nSPS) is 17.4. The maximum Gasteiger partial charge on any atom is 0.380 e. The van der Waals surface area contributed by atoms with Crippen LogP contribution in [-0.4, -0.2) is 24.4 Å². The van der Waals surface area contributed by atoms with Crippen LogP contribution in [0.25, 0.3) is 0 Å². The van der Waals surface area contributed by atoms with Crippen molar-refractivity contribution in [1.29, 1.82) is 0 Å². The zero-order valence-electron chi connectivity index (χ0n) is 11.6. The summed E-state index contributed by atoms with van der Waals surface area (Å²) in [4.78, 5) is 23.9. The van der Waals surface area contributed by atoms with Gasteiger partial charge in [0.15, 0.2) is 0 Å². The number of nitrogens with two attached hydrogens (primary N) is 1. The molecule has 4 nitrogen and oxygen atoms in total. The highest BCUT2D eigenvalue weighted by atomic mass is 16.5. The summed E-state index contributed by atoms with van der Waals surface area (Å²) >= 11 is 0. The summed E-state index contributed by atoms with van der Waals surface area (Å²) < 4.78 is 5.34. The minimum absolute atomic E-state index is 0.276. The highest BCUT2D eigenvalue weighted by Gasteiger charge is 2.28. The van der Waals surface area contributed by atoms with E-state index in [1.54, 1.807) is 30.3 Å². The molecule has 1 fully saturated rings. The molecule has 0 heterocycles. The molecule has 1 saturated carbocycles. The van der Waals surface area contributed by atoms with E-state index in [1.165, 1.54) is 6.42 Å². The Hall–Kier alpha value is -1.68. The summed E-state index contributed by atoms with van der Waals surface area (Å²) in [7, 11) is 0. The number of carbonyl (C=O) groups is 2. The number of ketones is 1. The van der Waals surface area contributed by atoms with Gasteiger partial charge in [0, 0.05) is 12.1 Å². The number of Topliss-reactive ketones (excluding diaryl/α,β-unsaturated/α-hetero) is 1. The summed E-state index contributed by atoms with van der Waals surface area (Å²) in [6.07, 6.45) is 5.22. The van der Waals surface area contributed by atoms with Crippen molar-refractivity contribution in [2.45, 2.75) is 38.2 Å². The van der Waals surface area contributed by atoms with Crippen LogP contribution in [-0.2, 0) is 9.53 Å². The zero-order chi connectivity index (χ0) is 14.4. The molecule has 0 spiro atoms. The predicted molar refractivity (Wildman–Crippen MR) is 76.3 cm³/mol. The van der Waals surface area contributed by atoms with E-state index in [4.69, 9.17) is 10.5 Å². The van der Waals surface area contributed by atoms with Crippen molar-refractivity contribution < 1.29 is 14.3 Å². The summed E-state index contributed by atoms with van der Waals surface area (Å²) in [5.41, 5.74) is 6.06. The smallest absolute Gasteiger partial charge is 0.380 e. The lowest BCUT2D eigenvalue weighted by Gasteiger charge is -2.28. The van der Waals surface area contributed by atoms with Crippen LogP contribution in [0, 0.1) is 5.92 Å². The summed E-state index contributed by atoms with van der Waals surface area (Å²) in [6, 6.07) is 8.47. The van der Waals surface area contributed by atoms with Crippen LogP contribution < -0.4 is 5.73 Å². The molecular weight excluding hydrogens is 254 g/mol. The Bertz CT molecular complexity index is 452. The van der Waals surface area contributed by atoms with Crippen LogP contribution in [0.15, 0.2) is 30.3 Å². The van der Waals surface area contributed by atoms with E-state index in [2.05, 4.69) is 0 Å². The van der Waals surface area contributed by atoms with Gasteiger partial charge in [-0.25, -0.2) is 4.79 Å². The Labute approximate surface area is 119 Å². The monoisotopic (exact) mass is 275 g/mol. The highest BCUT2D eigenvalue weighted by molar-refractivity contribution is 6.40. The third kappa shape index (κ3) is 3.67. The number of hydrogen-bond donors (Lipinski definition) is 1. The Balaban J connectivity index is 1.96. The van der Waals surface area contributed by atoms with Gasteiger partial charge in [0.25, 0.3) is 5.78 Å². The molecule has 0 radical (unpaired) electrons. The SMILES string of the molecule is NC[C@H](OC(=O)C(=O)c1ccccc1)C1CCCCC1. The van der Waals surface area contributed by atoms with Crippen molar-refractivity contribution in [2.75, 3.05) is 6.54 Å². The van der Waals surface area contributed by atoms with Gasteiger partial charge in [-0.15, -0.1) is 0 Å². The molecule has 0 aromatic heterocycles. The van der Waals surface area contributed by atoms with Crippen molar-refractivity contribution in [3.63, 3.8) is 0 Å². The van der Waals surface area contributed by atoms with Gasteiger partial charge < -0.3 is 10.5 Å². The average molecular weight is 275 g/mol. The number of hydrogen-bond acceptors (Lipinski definition) is 4. The Kier molecular flexibility index (Phi) is 5.30. The molecule has 108 valence electrons. The molecule has 1 aromatic rings. The molecule has 0 saturated heterocycles. The average Bonchev–Trinajstić information content (AvgIpc) is 2.53. The molecule has 0 bridgehead atoms. The number of rotatable bonds is 5. The molecule has 0 aliphatic heterocycles. The Morgan fingerprint density at radius 3 is 2.40 bits per heavy atom. The summed E-state index contributed by atoms with van der Waals surface area (Å²) in [5, 5.41) is 0. The third-order valence-corrected chi connectivity index (χ3v) is 3.89. The van der Waals surface area contributed by atoms with Gasteiger partial charge in [0.1, 0.15) is 6.10 Å². The second-order valence-electron chi connectivity index (χ2n) is 5.27. The first-order valence-electron chi connectivity index (χ1n) is 7.23. The minimum Gasteiger partial charge on any atom is -0.455 e. The highest BCUT2D eigenvalue weighted by Crippen LogP contribution is 2.27. The van der Waals surface area contributed by atoms with Gasteiger partial charge in [-0.2, -0.15) is 0 Å². The van der Waals surface area contributed by atoms with Gasteiger partial charge in [0.05, 0.1) is 0 Å². The number of carbonyl (C=O) groups excluding carboxylic acids is 2. The summed E-state index contributed by atoms with van der Waals surface area (Å²) in [6.45, 7) is 0.276. The lowest BCUT2D eigenvalue weighted by molar-refractivity contribution is -0.146. The molecule has 1 atom stereocenters. The number of esters is 1. The molecule has 1 aliphatic rings. The van der Waals surface area contributed by atoms with Gasteiger partial charge in [-0.05, 0) is 18.8 Å². The topological polar surface area (TPSA) is 69.4 Å². The quantitative estimate of drug-likeness (QED) is 0.508. The zero-order valence-corrected chi connectivity index (χ0v) is 11.6. The van der Waals surface area contributed by atoms with E-state index in [9.17, 15) is 9.59 Å². The lowest BCUT2D eigenvalue weighted by atomic mass is 9.85. The van der Waals surface area contributed by atoms with E-state index >= 15 is 0 Å². The van der Waals surface area contributed by atoms with E-state index in [0.717, 1.165) is 25.7 Å². The van der Waals surface area contributed by atoms with Crippen molar-refractivity contribution in [3.8, 4) is 0 Å². The molecule has 1 aromatic carbocycles. The second-order valence-corrected chi connectivity index (χ2v) is 5.27. The van der Waals surface area contributed by atoms with Crippen molar-refractivity contribution >= 4 is 11.8 Å². The van der Waals surface area contributed by atoms with Crippen molar-refractivity contribution in [3.05, 3.63) is 35.9 Å². The van der Waals surface area contributed by atoms with Crippen LogP contribution in [0.1, 0.15) is 42.5 Å². The van der Waals surface area contributed by atoms with Crippen LogP contribution >= 0.6 is 0 Å². The molecule has 0 amide bonds. The summed E-state index contributed by atoms with van der Waals surface area (Å²) in [5.74, 6) is -1.10. The fourth-order valence-corrected chi connectivity index (χ4v) is 2.74. The predicted octanol–water partition coefficient (Wildman–Crippen LogP) is 2.32. The Morgan fingerprint density at radius 1 is 1.15 bits per heavy atom. The largest absolute Gasteiger partial charge is 0.455 e. The van der Waals surface area contributed by atoms with E-state index in [-0.39, 0.29) is 12.6 Å². The standard InChI is InChI=1S/C16H21NO3/c17-11-14(12-7-3-1-4-8-12)20-16(19)15(18)13-9-5-2-6-10-13/h2,5-6,9-10,12,14H,1,3-4,7-8,11,17H2/t14-/m0/s1. The molecule has 4 heteroatoms. The molecule has 20 heavy (non-hydrogen) atoms. The Morgan fingerprint density at radius 2 is 1.80 bits per heavy atom. The second kappa shape index (κ2) is 7.20. The van der Waals surface area contributed by atoms with Crippen molar-refractivity contribution in [2.24, 2.45) is 11.7 Å². The number of benzene rings is 1. The lowest BCUT2D eigenvalue weighted by Crippen LogP contribution is -2.37. The first kappa shape index (κ1) is 14.7. The van der Waals surface area contributed by atoms with Gasteiger partial charge >= 0.3 is 5.97 Å². The molecular formula is C16H21NO3. The van der Waals surface area contributed by atoms with Gasteiger partial charge in [-0.3, -0.25) is 4.79 Å². The van der Waals surface area contributed by atoms with E-state index < -0.39 is 11.8 Å². The molecule has 1 aliphatic carbocycles. The van der Waals surface area contributed by atoms with Crippen LogP contribution in [0.4, 0.5) is 0 Å². The van der Waals surface area contributed by atoms with Crippen LogP contribution in [0.2, 0.25) is 0 Å². The molecule has 2 N–H and O–H groups in total. The van der Waals surface area contributed by atoms with Crippen molar-refractivity contribution in [1.82, 2.24) is 0 Å². The van der Waals surface area contributed by atoms with Gasteiger partial charge in [0.2, 0.25) is 0 Å². The first-order chi connectivity index (χ1) is 9.72.